The van der Waals surface area contributed by atoms with Gasteiger partial charge in [0.15, 0.2) is 16.6 Å². The van der Waals surface area contributed by atoms with Crippen LogP contribution in [0.2, 0.25) is 0 Å². The molecule has 7 heteroatoms. The van der Waals surface area contributed by atoms with Gasteiger partial charge in [-0.1, -0.05) is 0 Å². The zero-order chi connectivity index (χ0) is 16.2. The number of benzene rings is 1. The Bertz CT molecular complexity index is 600. The first-order valence-electron chi connectivity index (χ1n) is 7.82. The third-order valence-corrected chi connectivity index (χ3v) is 4.53. The maximum Gasteiger partial charge on any atom is 0.231 e. The van der Waals surface area contributed by atoms with Crippen molar-refractivity contribution >= 4 is 28.9 Å². The first kappa shape index (κ1) is 15.9. The number of nitrogens with one attached hydrogen (secondary N) is 2. The molecule has 0 aromatic heterocycles. The SMILES string of the molecule is CC(=O)NCC1CCN(C(=S)Nc2ccc3c(c2)OCO3)CC1. The minimum Gasteiger partial charge on any atom is -0.454 e. The third-order valence-electron chi connectivity index (χ3n) is 4.17. The smallest absolute Gasteiger partial charge is 0.231 e. The van der Waals surface area contributed by atoms with Crippen LogP contribution in [0.5, 0.6) is 11.5 Å². The average molecular weight is 335 g/mol. The first-order chi connectivity index (χ1) is 11.1. The lowest BCUT2D eigenvalue weighted by molar-refractivity contribution is -0.119. The monoisotopic (exact) mass is 335 g/mol. The lowest BCUT2D eigenvalue weighted by atomic mass is 9.97. The summed E-state index contributed by atoms with van der Waals surface area (Å²) in [6.45, 7) is 4.39. The molecule has 2 aliphatic rings. The van der Waals surface area contributed by atoms with Gasteiger partial charge in [0.1, 0.15) is 0 Å². The van der Waals surface area contributed by atoms with E-state index in [-0.39, 0.29) is 12.7 Å². The van der Waals surface area contributed by atoms with Crippen LogP contribution in [0.3, 0.4) is 0 Å². The summed E-state index contributed by atoms with van der Waals surface area (Å²) in [5, 5.41) is 6.87. The number of anilines is 1. The van der Waals surface area contributed by atoms with Crippen molar-refractivity contribution in [3.8, 4) is 11.5 Å². The largest absolute Gasteiger partial charge is 0.454 e. The number of carbonyl (C=O) groups excluding carboxylic acids is 1. The van der Waals surface area contributed by atoms with E-state index < -0.39 is 0 Å². The van der Waals surface area contributed by atoms with E-state index >= 15 is 0 Å². The van der Waals surface area contributed by atoms with Gasteiger partial charge in [0.05, 0.1) is 0 Å². The normalized spacial score (nSPS) is 17.0. The van der Waals surface area contributed by atoms with Crippen molar-refractivity contribution in [2.24, 2.45) is 5.92 Å². The van der Waals surface area contributed by atoms with E-state index in [1.54, 1.807) is 6.92 Å². The Hall–Kier alpha value is -2.02. The molecule has 2 N–H and O–H groups in total. The summed E-state index contributed by atoms with van der Waals surface area (Å²) in [4.78, 5) is 13.1. The van der Waals surface area contributed by atoms with Crippen LogP contribution in [0.25, 0.3) is 0 Å². The van der Waals surface area contributed by atoms with E-state index in [2.05, 4.69) is 15.5 Å². The van der Waals surface area contributed by atoms with Gasteiger partial charge in [0.25, 0.3) is 0 Å². The molecule has 124 valence electrons. The van der Waals surface area contributed by atoms with Crippen LogP contribution >= 0.6 is 12.2 Å². The van der Waals surface area contributed by atoms with Crippen molar-refractivity contribution in [3.05, 3.63) is 18.2 Å². The summed E-state index contributed by atoms with van der Waals surface area (Å²) in [6.07, 6.45) is 2.06. The molecule has 1 fully saturated rings. The van der Waals surface area contributed by atoms with Gasteiger partial charge >= 0.3 is 0 Å². The Balaban J connectivity index is 1.49. The Kier molecular flexibility index (Phi) is 4.85. The van der Waals surface area contributed by atoms with E-state index in [4.69, 9.17) is 21.7 Å². The molecule has 2 aliphatic heterocycles. The van der Waals surface area contributed by atoms with Gasteiger partial charge < -0.3 is 25.0 Å². The maximum atomic E-state index is 11.0. The number of hydrogen-bond acceptors (Lipinski definition) is 4. The third kappa shape index (κ3) is 4.04. The second kappa shape index (κ2) is 7.04. The van der Waals surface area contributed by atoms with Crippen molar-refractivity contribution in [3.63, 3.8) is 0 Å². The summed E-state index contributed by atoms with van der Waals surface area (Å²) in [5.74, 6) is 2.07. The number of hydrogen-bond donors (Lipinski definition) is 2. The Morgan fingerprint density at radius 3 is 2.78 bits per heavy atom. The summed E-state index contributed by atoms with van der Waals surface area (Å²) in [6, 6.07) is 5.72. The van der Waals surface area contributed by atoms with E-state index in [0.717, 1.165) is 54.8 Å². The van der Waals surface area contributed by atoms with Crippen molar-refractivity contribution in [1.82, 2.24) is 10.2 Å². The lowest BCUT2D eigenvalue weighted by Crippen LogP contribution is -2.43. The van der Waals surface area contributed by atoms with Gasteiger partial charge in [-0.05, 0) is 43.1 Å². The van der Waals surface area contributed by atoms with Crippen LogP contribution < -0.4 is 20.1 Å². The number of likely N-dealkylation sites (tertiary alicyclic amines) is 1. The molecule has 0 atom stereocenters. The molecule has 0 unspecified atom stereocenters. The molecule has 0 radical (unpaired) electrons. The van der Waals surface area contributed by atoms with Crippen molar-refractivity contribution in [2.45, 2.75) is 19.8 Å². The summed E-state index contributed by atoms with van der Waals surface area (Å²) < 4.78 is 10.7. The highest BCUT2D eigenvalue weighted by atomic mass is 32.1. The zero-order valence-corrected chi connectivity index (χ0v) is 13.9. The van der Waals surface area contributed by atoms with Crippen LogP contribution in [0.15, 0.2) is 18.2 Å². The van der Waals surface area contributed by atoms with E-state index in [1.807, 2.05) is 18.2 Å². The molecular weight excluding hydrogens is 314 g/mol. The van der Waals surface area contributed by atoms with Gasteiger partial charge in [-0.25, -0.2) is 0 Å². The molecule has 1 aromatic rings. The number of nitrogens with zero attached hydrogens (tertiary/aromatic N) is 1. The summed E-state index contributed by atoms with van der Waals surface area (Å²) in [7, 11) is 0. The minimum absolute atomic E-state index is 0.0347. The highest BCUT2D eigenvalue weighted by molar-refractivity contribution is 7.80. The molecule has 0 bridgehead atoms. The van der Waals surface area contributed by atoms with Gasteiger partial charge in [0.2, 0.25) is 12.7 Å². The number of amides is 1. The van der Waals surface area contributed by atoms with Gasteiger partial charge in [0, 0.05) is 38.3 Å². The first-order valence-corrected chi connectivity index (χ1v) is 8.22. The molecule has 1 amide bonds. The molecule has 3 rings (SSSR count). The molecule has 0 saturated carbocycles. The molecular formula is C16H21N3O3S. The standard InChI is InChI=1S/C16H21N3O3S/c1-11(20)17-9-12-4-6-19(7-5-12)16(23)18-13-2-3-14-15(8-13)22-10-21-14/h2-3,8,12H,4-7,9-10H2,1H3,(H,17,20)(H,18,23). The molecule has 2 heterocycles. The Labute approximate surface area is 141 Å². The molecule has 0 spiro atoms. The predicted octanol–water partition coefficient (Wildman–Crippen LogP) is 1.96. The van der Waals surface area contributed by atoms with Crippen LogP contribution in [0.4, 0.5) is 5.69 Å². The molecule has 0 aliphatic carbocycles. The van der Waals surface area contributed by atoms with Crippen molar-refractivity contribution in [2.75, 3.05) is 31.7 Å². The molecule has 6 nitrogen and oxygen atoms in total. The van der Waals surface area contributed by atoms with Crippen molar-refractivity contribution < 1.29 is 14.3 Å². The second-order valence-corrected chi connectivity index (χ2v) is 6.25. The number of thiocarbonyl (C=S) groups is 1. The summed E-state index contributed by atoms with van der Waals surface area (Å²) in [5.41, 5.74) is 0.902. The Morgan fingerprint density at radius 2 is 2.04 bits per heavy atom. The predicted molar refractivity (Wildman–Crippen MR) is 91.8 cm³/mol. The maximum absolute atomic E-state index is 11.0. The van der Waals surface area contributed by atoms with E-state index in [1.165, 1.54) is 0 Å². The quantitative estimate of drug-likeness (QED) is 0.824. The fraction of sp³-hybridized carbons (Fsp3) is 0.500. The van der Waals surface area contributed by atoms with Gasteiger partial charge in [-0.15, -0.1) is 0 Å². The van der Waals surface area contributed by atoms with E-state index in [0.29, 0.717) is 5.92 Å². The number of fused-ring (bicyclic) bond motifs is 1. The molecule has 23 heavy (non-hydrogen) atoms. The summed E-state index contributed by atoms with van der Waals surface area (Å²) >= 11 is 5.50. The van der Waals surface area contributed by atoms with E-state index in [9.17, 15) is 4.79 Å². The van der Waals surface area contributed by atoms with Crippen molar-refractivity contribution in [1.29, 1.82) is 0 Å². The highest BCUT2D eigenvalue weighted by Crippen LogP contribution is 2.34. The highest BCUT2D eigenvalue weighted by Gasteiger charge is 2.21. The number of rotatable bonds is 3. The number of piperidine rings is 1. The fourth-order valence-corrected chi connectivity index (χ4v) is 3.11. The van der Waals surface area contributed by atoms with Gasteiger partial charge in [-0.2, -0.15) is 0 Å². The average Bonchev–Trinajstić information content (AvgIpc) is 3.01. The fourth-order valence-electron chi connectivity index (χ4n) is 2.81. The van der Waals surface area contributed by atoms with Crippen LogP contribution in [0, 0.1) is 5.92 Å². The topological polar surface area (TPSA) is 62.8 Å². The Morgan fingerprint density at radius 1 is 1.30 bits per heavy atom. The van der Waals surface area contributed by atoms with Crippen LogP contribution in [-0.2, 0) is 4.79 Å². The number of ether oxygens (including phenoxy) is 2. The molecule has 1 saturated heterocycles. The zero-order valence-electron chi connectivity index (χ0n) is 13.1. The lowest BCUT2D eigenvalue weighted by Gasteiger charge is -2.33. The second-order valence-electron chi connectivity index (χ2n) is 5.87. The van der Waals surface area contributed by atoms with Crippen LogP contribution in [-0.4, -0.2) is 42.3 Å². The molecule has 1 aromatic carbocycles. The van der Waals surface area contributed by atoms with Crippen LogP contribution in [0.1, 0.15) is 19.8 Å². The van der Waals surface area contributed by atoms with Gasteiger partial charge in [-0.3, -0.25) is 4.79 Å². The number of carbonyl (C=O) groups is 1. The minimum atomic E-state index is 0.0347.